The van der Waals surface area contributed by atoms with E-state index in [4.69, 9.17) is 9.47 Å². The Morgan fingerprint density at radius 1 is 1.11 bits per heavy atom. The quantitative estimate of drug-likeness (QED) is 0.463. The maximum atomic E-state index is 5.43. The van der Waals surface area contributed by atoms with E-state index in [1.165, 1.54) is 0 Å². The van der Waals surface area contributed by atoms with Gasteiger partial charge in [-0.1, -0.05) is 0 Å². The first-order valence-corrected chi connectivity index (χ1v) is 9.21. The van der Waals surface area contributed by atoms with Crippen molar-refractivity contribution in [3.63, 3.8) is 0 Å². The van der Waals surface area contributed by atoms with Crippen molar-refractivity contribution in [2.45, 2.75) is 13.1 Å². The van der Waals surface area contributed by atoms with Crippen molar-refractivity contribution >= 4 is 27.5 Å². The number of rotatable bonds is 6. The van der Waals surface area contributed by atoms with E-state index >= 15 is 0 Å². The highest BCUT2D eigenvalue weighted by molar-refractivity contribution is 9.10. The van der Waals surface area contributed by atoms with Crippen molar-refractivity contribution in [2.75, 3.05) is 21.3 Å². The Hall–Kier alpha value is -2.74. The summed E-state index contributed by atoms with van der Waals surface area (Å²) < 4.78 is 13.7. The lowest BCUT2D eigenvalue weighted by molar-refractivity contribution is 0.390. The molecule has 2 aromatic heterocycles. The molecule has 0 atom stereocenters. The smallest absolute Gasteiger partial charge is 0.191 e. The minimum absolute atomic E-state index is 0.568. The van der Waals surface area contributed by atoms with Gasteiger partial charge < -0.3 is 24.5 Å². The number of guanidine groups is 1. The van der Waals surface area contributed by atoms with Crippen LogP contribution in [0.4, 0.5) is 0 Å². The zero-order valence-corrected chi connectivity index (χ0v) is 17.1. The van der Waals surface area contributed by atoms with Crippen LogP contribution in [0.3, 0.4) is 0 Å². The molecule has 27 heavy (non-hydrogen) atoms. The summed E-state index contributed by atoms with van der Waals surface area (Å²) in [5.74, 6) is 2.21. The first-order chi connectivity index (χ1) is 13.1. The first-order valence-electron chi connectivity index (χ1n) is 8.41. The van der Waals surface area contributed by atoms with Crippen LogP contribution in [0.15, 0.2) is 52.2 Å². The Morgan fingerprint density at radius 2 is 1.93 bits per heavy atom. The van der Waals surface area contributed by atoms with Gasteiger partial charge in [-0.3, -0.25) is 4.99 Å². The zero-order chi connectivity index (χ0) is 19.2. The first kappa shape index (κ1) is 19.0. The number of benzene rings is 1. The summed E-state index contributed by atoms with van der Waals surface area (Å²) in [4.78, 5) is 8.85. The van der Waals surface area contributed by atoms with Gasteiger partial charge in [-0.25, -0.2) is 4.98 Å². The Labute approximate surface area is 166 Å². The topological polar surface area (TPSA) is 72.2 Å². The molecule has 3 aromatic rings. The van der Waals surface area contributed by atoms with Crippen molar-refractivity contribution in [1.29, 1.82) is 0 Å². The fraction of sp³-hybridized carbons (Fsp3) is 0.263. The molecule has 0 fully saturated rings. The number of aromatic nitrogens is 2. The van der Waals surface area contributed by atoms with Crippen molar-refractivity contribution in [3.8, 4) is 11.5 Å². The minimum Gasteiger partial charge on any atom is -0.497 e. The molecule has 0 spiro atoms. The molecule has 8 heteroatoms. The molecule has 0 saturated heterocycles. The molecule has 2 heterocycles. The van der Waals surface area contributed by atoms with Gasteiger partial charge in [0.25, 0.3) is 0 Å². The van der Waals surface area contributed by atoms with Gasteiger partial charge in [-0.2, -0.15) is 0 Å². The Kier molecular flexibility index (Phi) is 6.18. The molecule has 0 radical (unpaired) electrons. The van der Waals surface area contributed by atoms with Crippen LogP contribution in [0.25, 0.3) is 5.65 Å². The van der Waals surface area contributed by atoms with Crippen molar-refractivity contribution in [3.05, 3.63) is 58.5 Å². The van der Waals surface area contributed by atoms with E-state index in [1.54, 1.807) is 21.3 Å². The number of imidazole rings is 1. The number of methoxy groups -OCH3 is 2. The third-order valence-corrected chi connectivity index (χ3v) is 4.54. The summed E-state index contributed by atoms with van der Waals surface area (Å²) in [6.07, 6.45) is 3.97. The largest absolute Gasteiger partial charge is 0.497 e. The number of hydrogen-bond acceptors (Lipinski definition) is 4. The molecule has 0 unspecified atom stereocenters. The second-order valence-corrected chi connectivity index (χ2v) is 6.72. The molecule has 0 aliphatic carbocycles. The average Bonchev–Trinajstić information content (AvgIpc) is 3.10. The van der Waals surface area contributed by atoms with Gasteiger partial charge in [0.15, 0.2) is 5.96 Å². The zero-order valence-electron chi connectivity index (χ0n) is 15.5. The van der Waals surface area contributed by atoms with Gasteiger partial charge >= 0.3 is 0 Å². The Balaban J connectivity index is 1.61. The van der Waals surface area contributed by atoms with Gasteiger partial charge in [-0.15, -0.1) is 0 Å². The summed E-state index contributed by atoms with van der Waals surface area (Å²) >= 11 is 3.47. The molecule has 2 N–H and O–H groups in total. The lowest BCUT2D eigenvalue weighted by atomic mass is 10.2. The van der Waals surface area contributed by atoms with Gasteiger partial charge in [0.05, 0.1) is 26.5 Å². The van der Waals surface area contributed by atoms with E-state index in [1.807, 2.05) is 47.1 Å². The highest BCUT2D eigenvalue weighted by Gasteiger charge is 2.07. The van der Waals surface area contributed by atoms with Crippen LogP contribution in [0.5, 0.6) is 11.5 Å². The number of aliphatic imine (C=N–C) groups is 1. The minimum atomic E-state index is 0.568. The second-order valence-electron chi connectivity index (χ2n) is 5.80. The molecule has 0 amide bonds. The van der Waals surface area contributed by atoms with Crippen LogP contribution >= 0.6 is 15.9 Å². The lowest BCUT2D eigenvalue weighted by Crippen LogP contribution is -2.36. The van der Waals surface area contributed by atoms with E-state index in [9.17, 15) is 0 Å². The summed E-state index contributed by atoms with van der Waals surface area (Å²) in [5, 5.41) is 6.56. The van der Waals surface area contributed by atoms with E-state index < -0.39 is 0 Å². The van der Waals surface area contributed by atoms with Crippen LogP contribution < -0.4 is 20.1 Å². The summed E-state index contributed by atoms with van der Waals surface area (Å²) in [6.45, 7) is 1.14. The van der Waals surface area contributed by atoms with Crippen LogP contribution in [0.2, 0.25) is 0 Å². The van der Waals surface area contributed by atoms with Crippen molar-refractivity contribution < 1.29 is 9.47 Å². The highest BCUT2D eigenvalue weighted by atomic mass is 79.9. The maximum Gasteiger partial charge on any atom is 0.191 e. The normalized spacial score (nSPS) is 11.5. The number of nitrogens with zero attached hydrogens (tertiary/aromatic N) is 3. The van der Waals surface area contributed by atoms with E-state index in [0.717, 1.165) is 32.9 Å². The predicted molar refractivity (Wildman–Crippen MR) is 109 cm³/mol. The molecule has 1 aromatic carbocycles. The predicted octanol–water partition coefficient (Wildman–Crippen LogP) is 2.98. The third-order valence-electron chi connectivity index (χ3n) is 4.07. The van der Waals surface area contributed by atoms with Gasteiger partial charge in [0.2, 0.25) is 0 Å². The molecule has 142 valence electrons. The number of fused-ring (bicyclic) bond motifs is 1. The number of pyridine rings is 1. The summed E-state index contributed by atoms with van der Waals surface area (Å²) in [5.41, 5.74) is 2.85. The molecule has 0 saturated carbocycles. The Morgan fingerprint density at radius 3 is 2.67 bits per heavy atom. The van der Waals surface area contributed by atoms with Gasteiger partial charge in [0, 0.05) is 42.1 Å². The second kappa shape index (κ2) is 8.77. The molecule has 3 rings (SSSR count). The van der Waals surface area contributed by atoms with E-state index in [0.29, 0.717) is 19.0 Å². The van der Waals surface area contributed by atoms with Gasteiger partial charge in [-0.05, 0) is 40.2 Å². The van der Waals surface area contributed by atoms with E-state index in [-0.39, 0.29) is 0 Å². The monoisotopic (exact) mass is 431 g/mol. The molecule has 0 aliphatic heterocycles. The van der Waals surface area contributed by atoms with Crippen LogP contribution in [0.1, 0.15) is 11.3 Å². The fourth-order valence-electron chi connectivity index (χ4n) is 2.67. The number of hydrogen-bond donors (Lipinski definition) is 2. The Bertz CT molecular complexity index is 954. The number of nitrogens with one attached hydrogen (secondary N) is 2. The van der Waals surface area contributed by atoms with Crippen LogP contribution in [0, 0.1) is 0 Å². The average molecular weight is 432 g/mol. The number of ether oxygens (including phenoxy) is 2. The number of halogens is 1. The molecule has 0 aliphatic rings. The maximum absolute atomic E-state index is 5.43. The highest BCUT2D eigenvalue weighted by Crippen LogP contribution is 2.24. The SMILES string of the molecule is CN=C(NCc1cn2cc(Br)ccc2n1)NCc1ccc(OC)cc1OC. The van der Waals surface area contributed by atoms with Crippen LogP contribution in [-0.2, 0) is 13.1 Å². The summed E-state index contributed by atoms with van der Waals surface area (Å²) in [7, 11) is 5.02. The molecular weight excluding hydrogens is 410 g/mol. The lowest BCUT2D eigenvalue weighted by Gasteiger charge is -2.14. The molecular formula is C19H22BrN5O2. The third kappa shape index (κ3) is 4.71. The van der Waals surface area contributed by atoms with Crippen molar-refractivity contribution in [2.24, 2.45) is 4.99 Å². The van der Waals surface area contributed by atoms with Crippen LogP contribution in [-0.4, -0.2) is 36.6 Å². The molecule has 0 bridgehead atoms. The fourth-order valence-corrected chi connectivity index (χ4v) is 3.03. The van der Waals surface area contributed by atoms with E-state index in [2.05, 4.69) is 36.5 Å². The molecule has 7 nitrogen and oxygen atoms in total. The van der Waals surface area contributed by atoms with Gasteiger partial charge in [0.1, 0.15) is 17.1 Å². The van der Waals surface area contributed by atoms with Crippen molar-refractivity contribution in [1.82, 2.24) is 20.0 Å². The summed E-state index contributed by atoms with van der Waals surface area (Å²) in [6, 6.07) is 9.68. The standard InChI is InChI=1S/C19H22BrN5O2/c1-21-19(22-9-13-4-6-16(26-2)8-17(13)27-3)23-10-15-12-25-11-14(20)5-7-18(25)24-15/h4-8,11-12H,9-10H2,1-3H3,(H2,21,22,23).